The zero-order valence-corrected chi connectivity index (χ0v) is 7.69. The number of thiophene rings is 1. The van der Waals surface area contributed by atoms with E-state index in [2.05, 4.69) is 28.3 Å². The first-order valence-corrected chi connectivity index (χ1v) is 4.74. The second kappa shape index (κ2) is 3.11. The van der Waals surface area contributed by atoms with Gasteiger partial charge in [-0.2, -0.15) is 0 Å². The van der Waals surface area contributed by atoms with Crippen LogP contribution in [0.25, 0.3) is 0 Å². The minimum atomic E-state index is 0.971. The monoisotopic (exact) mass is 178 g/mol. The molecule has 62 valence electrons. The van der Waals surface area contributed by atoms with Crippen molar-refractivity contribution in [2.75, 3.05) is 0 Å². The number of nitrogens with one attached hydrogen (secondary N) is 1. The molecule has 0 atom stereocenters. The first-order chi connectivity index (χ1) is 5.84. The van der Waals surface area contributed by atoms with E-state index >= 15 is 0 Å². The highest BCUT2D eigenvalue weighted by Crippen LogP contribution is 2.16. The fourth-order valence-corrected chi connectivity index (χ4v) is 2.05. The van der Waals surface area contributed by atoms with Crippen LogP contribution in [0.2, 0.25) is 0 Å². The number of aryl methyl sites for hydroxylation is 1. The van der Waals surface area contributed by atoms with Crippen LogP contribution in [0.4, 0.5) is 0 Å². The SMILES string of the molecule is Cc1csc(Cc2cnc[nH]2)c1. The summed E-state index contributed by atoms with van der Waals surface area (Å²) in [6, 6.07) is 2.21. The number of hydrogen-bond donors (Lipinski definition) is 1. The molecule has 2 rings (SSSR count). The molecule has 0 aliphatic carbocycles. The van der Waals surface area contributed by atoms with Crippen molar-refractivity contribution in [3.8, 4) is 0 Å². The number of aromatic nitrogens is 2. The Morgan fingerprint density at radius 1 is 1.58 bits per heavy atom. The van der Waals surface area contributed by atoms with Crippen molar-refractivity contribution in [3.05, 3.63) is 40.1 Å². The molecule has 2 heterocycles. The number of aromatic amines is 1. The zero-order chi connectivity index (χ0) is 8.39. The summed E-state index contributed by atoms with van der Waals surface area (Å²) in [6.07, 6.45) is 4.56. The van der Waals surface area contributed by atoms with Gasteiger partial charge in [-0.25, -0.2) is 4.98 Å². The molecule has 0 bridgehead atoms. The van der Waals surface area contributed by atoms with E-state index in [9.17, 15) is 0 Å². The molecule has 0 fully saturated rings. The van der Waals surface area contributed by atoms with Crippen molar-refractivity contribution in [2.45, 2.75) is 13.3 Å². The third-order valence-corrected chi connectivity index (χ3v) is 2.76. The summed E-state index contributed by atoms with van der Waals surface area (Å²) in [5.74, 6) is 0. The molecule has 0 saturated carbocycles. The Balaban J connectivity index is 2.14. The summed E-state index contributed by atoms with van der Waals surface area (Å²) in [7, 11) is 0. The van der Waals surface area contributed by atoms with E-state index in [-0.39, 0.29) is 0 Å². The van der Waals surface area contributed by atoms with Crippen LogP contribution in [0.5, 0.6) is 0 Å². The van der Waals surface area contributed by atoms with Crippen LogP contribution in [0.1, 0.15) is 16.1 Å². The molecule has 0 saturated heterocycles. The summed E-state index contributed by atoms with van der Waals surface area (Å²) in [6.45, 7) is 2.12. The van der Waals surface area contributed by atoms with Gasteiger partial charge in [0.2, 0.25) is 0 Å². The second-order valence-corrected chi connectivity index (χ2v) is 3.84. The summed E-state index contributed by atoms with van der Waals surface area (Å²) < 4.78 is 0. The molecule has 0 radical (unpaired) electrons. The Morgan fingerprint density at radius 2 is 2.50 bits per heavy atom. The maximum Gasteiger partial charge on any atom is 0.0921 e. The third kappa shape index (κ3) is 1.56. The molecule has 3 heteroatoms. The van der Waals surface area contributed by atoms with Crippen molar-refractivity contribution < 1.29 is 0 Å². The van der Waals surface area contributed by atoms with E-state index in [4.69, 9.17) is 0 Å². The van der Waals surface area contributed by atoms with Crippen LogP contribution in [0, 0.1) is 6.92 Å². The van der Waals surface area contributed by atoms with E-state index in [1.807, 2.05) is 6.20 Å². The van der Waals surface area contributed by atoms with Gasteiger partial charge in [-0.15, -0.1) is 11.3 Å². The first-order valence-electron chi connectivity index (χ1n) is 3.86. The second-order valence-electron chi connectivity index (χ2n) is 2.84. The molecule has 2 nitrogen and oxygen atoms in total. The Labute approximate surface area is 75.3 Å². The molecule has 0 unspecified atom stereocenters. The van der Waals surface area contributed by atoms with Crippen LogP contribution >= 0.6 is 11.3 Å². The normalized spacial score (nSPS) is 10.4. The molecule has 2 aromatic rings. The highest BCUT2D eigenvalue weighted by molar-refractivity contribution is 7.10. The zero-order valence-electron chi connectivity index (χ0n) is 6.87. The van der Waals surface area contributed by atoms with Crippen LogP contribution in [0.3, 0.4) is 0 Å². The lowest BCUT2D eigenvalue weighted by atomic mass is 10.2. The molecular formula is C9H10N2S. The fraction of sp³-hybridized carbons (Fsp3) is 0.222. The van der Waals surface area contributed by atoms with Crippen LogP contribution < -0.4 is 0 Å². The van der Waals surface area contributed by atoms with Gasteiger partial charge in [0, 0.05) is 23.2 Å². The van der Waals surface area contributed by atoms with Crippen molar-refractivity contribution >= 4 is 11.3 Å². The Kier molecular flexibility index (Phi) is 1.96. The predicted molar refractivity (Wildman–Crippen MR) is 50.4 cm³/mol. The lowest BCUT2D eigenvalue weighted by Crippen LogP contribution is -1.82. The van der Waals surface area contributed by atoms with E-state index in [0.717, 1.165) is 6.42 Å². The van der Waals surface area contributed by atoms with E-state index in [1.54, 1.807) is 17.7 Å². The Hall–Kier alpha value is -1.09. The molecule has 2 aromatic heterocycles. The van der Waals surface area contributed by atoms with Crippen LogP contribution in [-0.4, -0.2) is 9.97 Å². The minimum absolute atomic E-state index is 0.971. The maximum atomic E-state index is 3.97. The number of hydrogen-bond acceptors (Lipinski definition) is 2. The van der Waals surface area contributed by atoms with Crippen molar-refractivity contribution in [1.29, 1.82) is 0 Å². The topological polar surface area (TPSA) is 28.7 Å². The largest absolute Gasteiger partial charge is 0.348 e. The molecule has 0 aromatic carbocycles. The van der Waals surface area contributed by atoms with Crippen molar-refractivity contribution in [1.82, 2.24) is 9.97 Å². The fourth-order valence-electron chi connectivity index (χ4n) is 1.15. The number of nitrogens with zero attached hydrogens (tertiary/aromatic N) is 1. The summed E-state index contributed by atoms with van der Waals surface area (Å²) in [4.78, 5) is 8.45. The molecule has 0 aliphatic rings. The molecule has 12 heavy (non-hydrogen) atoms. The molecule has 1 N–H and O–H groups in total. The van der Waals surface area contributed by atoms with Gasteiger partial charge < -0.3 is 4.98 Å². The molecule has 0 amide bonds. The third-order valence-electron chi connectivity index (χ3n) is 1.70. The number of rotatable bonds is 2. The van der Waals surface area contributed by atoms with Gasteiger partial charge >= 0.3 is 0 Å². The van der Waals surface area contributed by atoms with Gasteiger partial charge in [-0.3, -0.25) is 0 Å². The van der Waals surface area contributed by atoms with Gasteiger partial charge in [0.05, 0.1) is 6.33 Å². The minimum Gasteiger partial charge on any atom is -0.348 e. The van der Waals surface area contributed by atoms with Crippen molar-refractivity contribution in [2.24, 2.45) is 0 Å². The Bertz CT molecular complexity index is 348. The molecular weight excluding hydrogens is 168 g/mol. The quantitative estimate of drug-likeness (QED) is 0.751. The smallest absolute Gasteiger partial charge is 0.0921 e. The maximum absolute atomic E-state index is 3.97. The highest BCUT2D eigenvalue weighted by atomic mass is 32.1. The lowest BCUT2D eigenvalue weighted by Gasteiger charge is -1.90. The standard InChI is InChI=1S/C9H10N2S/c1-7-2-9(12-5-7)3-8-4-10-6-11-8/h2,4-6H,3H2,1H3,(H,10,11). The molecule has 0 spiro atoms. The average molecular weight is 178 g/mol. The predicted octanol–water partition coefficient (Wildman–Crippen LogP) is 2.37. The van der Waals surface area contributed by atoms with Gasteiger partial charge in [-0.05, 0) is 23.9 Å². The van der Waals surface area contributed by atoms with E-state index < -0.39 is 0 Å². The summed E-state index contributed by atoms with van der Waals surface area (Å²) in [5.41, 5.74) is 2.52. The van der Waals surface area contributed by atoms with Crippen LogP contribution in [0.15, 0.2) is 24.0 Å². The van der Waals surface area contributed by atoms with Gasteiger partial charge in [-0.1, -0.05) is 0 Å². The van der Waals surface area contributed by atoms with E-state index in [0.29, 0.717) is 0 Å². The first kappa shape index (κ1) is 7.55. The van der Waals surface area contributed by atoms with Gasteiger partial charge in [0.15, 0.2) is 0 Å². The van der Waals surface area contributed by atoms with E-state index in [1.165, 1.54) is 16.1 Å². The van der Waals surface area contributed by atoms with Gasteiger partial charge in [0.25, 0.3) is 0 Å². The molecule has 0 aliphatic heterocycles. The highest BCUT2D eigenvalue weighted by Gasteiger charge is 1.98. The average Bonchev–Trinajstić information content (AvgIpc) is 2.63. The Morgan fingerprint density at radius 3 is 3.08 bits per heavy atom. The lowest BCUT2D eigenvalue weighted by molar-refractivity contribution is 1.13. The van der Waals surface area contributed by atoms with Gasteiger partial charge in [0.1, 0.15) is 0 Å². The summed E-state index contributed by atoms with van der Waals surface area (Å²) >= 11 is 1.80. The van der Waals surface area contributed by atoms with Crippen LogP contribution in [-0.2, 0) is 6.42 Å². The van der Waals surface area contributed by atoms with Crippen molar-refractivity contribution in [3.63, 3.8) is 0 Å². The summed E-state index contributed by atoms with van der Waals surface area (Å²) in [5, 5.41) is 2.17. The number of H-pyrrole nitrogens is 1. The number of imidazole rings is 1.